The second-order valence-electron chi connectivity index (χ2n) is 6.55. The molecule has 0 aliphatic carbocycles. The van der Waals surface area contributed by atoms with Crippen LogP contribution in [0.2, 0.25) is 0 Å². The molecule has 28 heavy (non-hydrogen) atoms. The van der Waals surface area contributed by atoms with E-state index < -0.39 is 6.10 Å². The summed E-state index contributed by atoms with van der Waals surface area (Å²) in [5, 5.41) is 6.29. The maximum atomic E-state index is 12.6. The van der Waals surface area contributed by atoms with Crippen molar-refractivity contribution >= 4 is 36.4 Å². The van der Waals surface area contributed by atoms with Crippen molar-refractivity contribution in [2.75, 3.05) is 31.6 Å². The van der Waals surface area contributed by atoms with Crippen LogP contribution >= 0.6 is 24.8 Å². The van der Waals surface area contributed by atoms with Gasteiger partial charge in [0.05, 0.1) is 6.61 Å². The number of hydrogen-bond donors (Lipinski definition) is 2. The number of anilines is 1. The molecule has 1 unspecified atom stereocenters. The van der Waals surface area contributed by atoms with Crippen LogP contribution in [0.25, 0.3) is 0 Å². The lowest BCUT2D eigenvalue weighted by atomic mass is 10.1. The topological polar surface area (TPSA) is 53.6 Å². The van der Waals surface area contributed by atoms with E-state index in [4.69, 9.17) is 4.74 Å². The smallest absolute Gasteiger partial charge is 0.254 e. The largest absolute Gasteiger partial charge is 0.366 e. The van der Waals surface area contributed by atoms with Crippen molar-refractivity contribution in [3.8, 4) is 0 Å². The summed E-state index contributed by atoms with van der Waals surface area (Å²) in [5.74, 6) is -0.0802. The van der Waals surface area contributed by atoms with Gasteiger partial charge in [0, 0.05) is 31.9 Å². The summed E-state index contributed by atoms with van der Waals surface area (Å²) >= 11 is 0. The van der Waals surface area contributed by atoms with Gasteiger partial charge in [0.25, 0.3) is 5.91 Å². The first kappa shape index (κ1) is 24.4. The molecular weight excluding hydrogens is 397 g/mol. The third-order valence-electron chi connectivity index (χ3n) is 4.47. The number of halogens is 2. The zero-order valence-electron chi connectivity index (χ0n) is 16.1. The molecule has 7 heteroatoms. The van der Waals surface area contributed by atoms with E-state index in [1.165, 1.54) is 5.56 Å². The lowest BCUT2D eigenvalue weighted by Crippen LogP contribution is -2.47. The van der Waals surface area contributed by atoms with E-state index >= 15 is 0 Å². The summed E-state index contributed by atoms with van der Waals surface area (Å²) in [7, 11) is 0. The summed E-state index contributed by atoms with van der Waals surface area (Å²) in [5.41, 5.74) is 3.22. The number of benzene rings is 2. The van der Waals surface area contributed by atoms with Gasteiger partial charge in [0.2, 0.25) is 0 Å². The molecule has 1 heterocycles. The van der Waals surface area contributed by atoms with Crippen LogP contribution in [-0.2, 0) is 22.6 Å². The Morgan fingerprint density at radius 2 is 1.86 bits per heavy atom. The molecule has 1 saturated heterocycles. The predicted molar refractivity (Wildman–Crippen MR) is 118 cm³/mol. The normalized spacial score (nSPS) is 16.5. The zero-order valence-corrected chi connectivity index (χ0v) is 17.7. The average molecular weight is 426 g/mol. The van der Waals surface area contributed by atoms with Gasteiger partial charge in [-0.3, -0.25) is 9.69 Å². The van der Waals surface area contributed by atoms with Crippen molar-refractivity contribution in [3.05, 3.63) is 65.7 Å². The lowest BCUT2D eigenvalue weighted by Gasteiger charge is -2.32. The minimum atomic E-state index is -0.440. The van der Waals surface area contributed by atoms with Crippen LogP contribution in [0.15, 0.2) is 54.6 Å². The molecule has 0 spiro atoms. The highest BCUT2D eigenvalue weighted by Gasteiger charge is 2.26. The first-order chi connectivity index (χ1) is 12.7. The van der Waals surface area contributed by atoms with Crippen LogP contribution in [0.3, 0.4) is 0 Å². The second kappa shape index (κ2) is 12.8. The maximum Gasteiger partial charge on any atom is 0.254 e. The first-order valence-electron chi connectivity index (χ1n) is 9.23. The number of rotatable bonds is 7. The fraction of sp³-hybridized carbons (Fsp3) is 0.381. The third-order valence-corrected chi connectivity index (χ3v) is 4.47. The molecule has 0 radical (unpaired) electrons. The highest BCUT2D eigenvalue weighted by atomic mass is 35.5. The number of amides is 1. The fourth-order valence-corrected chi connectivity index (χ4v) is 3.10. The molecule has 2 aromatic carbocycles. The molecule has 5 nitrogen and oxygen atoms in total. The molecule has 0 saturated carbocycles. The molecule has 0 aromatic heterocycles. The molecule has 1 fully saturated rings. The average Bonchev–Trinajstić information content (AvgIpc) is 2.68. The summed E-state index contributed by atoms with van der Waals surface area (Å²) in [6.07, 6.45) is -0.440. The number of morpholine rings is 1. The summed E-state index contributed by atoms with van der Waals surface area (Å²) < 4.78 is 5.71. The Balaban J connectivity index is 0.00000196. The quantitative estimate of drug-likeness (QED) is 0.712. The second-order valence-corrected chi connectivity index (χ2v) is 6.55. The van der Waals surface area contributed by atoms with E-state index in [0.717, 1.165) is 37.4 Å². The van der Waals surface area contributed by atoms with Gasteiger partial charge in [-0.05, 0) is 29.8 Å². The van der Waals surface area contributed by atoms with E-state index in [2.05, 4.69) is 40.7 Å². The van der Waals surface area contributed by atoms with Gasteiger partial charge in [-0.1, -0.05) is 49.4 Å². The Labute approximate surface area is 179 Å². The molecular formula is C21H29Cl2N3O2. The third kappa shape index (κ3) is 7.41. The van der Waals surface area contributed by atoms with E-state index in [0.29, 0.717) is 13.2 Å². The van der Waals surface area contributed by atoms with E-state index in [1.807, 2.05) is 36.4 Å². The Hall–Kier alpha value is -1.63. The highest BCUT2D eigenvalue weighted by Crippen LogP contribution is 2.14. The van der Waals surface area contributed by atoms with Crippen LogP contribution in [-0.4, -0.2) is 43.2 Å². The Morgan fingerprint density at radius 1 is 1.11 bits per heavy atom. The van der Waals surface area contributed by atoms with E-state index in [9.17, 15) is 4.79 Å². The molecule has 3 rings (SSSR count). The van der Waals surface area contributed by atoms with Gasteiger partial charge in [-0.25, -0.2) is 0 Å². The number of carbonyl (C=O) groups is 1. The van der Waals surface area contributed by atoms with Crippen molar-refractivity contribution in [1.29, 1.82) is 0 Å². The molecule has 1 amide bonds. The van der Waals surface area contributed by atoms with Crippen molar-refractivity contribution < 1.29 is 9.53 Å². The summed E-state index contributed by atoms with van der Waals surface area (Å²) in [6, 6.07) is 18.3. The number of hydrogen-bond acceptors (Lipinski definition) is 4. The summed E-state index contributed by atoms with van der Waals surface area (Å²) in [6.45, 7) is 6.66. The summed E-state index contributed by atoms with van der Waals surface area (Å²) in [4.78, 5) is 14.9. The molecule has 2 N–H and O–H groups in total. The zero-order chi connectivity index (χ0) is 18.2. The number of nitrogens with zero attached hydrogens (tertiary/aromatic N) is 1. The van der Waals surface area contributed by atoms with Crippen LogP contribution in [0.4, 0.5) is 5.69 Å². The van der Waals surface area contributed by atoms with Gasteiger partial charge < -0.3 is 15.4 Å². The predicted octanol–water partition coefficient (Wildman–Crippen LogP) is 3.48. The Kier molecular flexibility index (Phi) is 11.1. The first-order valence-corrected chi connectivity index (χ1v) is 9.23. The van der Waals surface area contributed by atoms with E-state index in [-0.39, 0.29) is 30.7 Å². The maximum absolute atomic E-state index is 12.6. The van der Waals surface area contributed by atoms with Gasteiger partial charge in [0.15, 0.2) is 0 Å². The standard InChI is InChI=1S/C21H27N3O2.2ClH/c1-2-22-14-18-9-6-10-19(13-18)23-21(25)20-16-24(11-12-26-20)15-17-7-4-3-5-8-17;;/h3-10,13,20,22H,2,11-12,14-16H2,1H3,(H,23,25);2*1H. The minimum absolute atomic E-state index is 0. The molecule has 1 aliphatic heterocycles. The Bertz CT molecular complexity index is 716. The van der Waals surface area contributed by atoms with Crippen molar-refractivity contribution in [2.45, 2.75) is 26.1 Å². The SMILES string of the molecule is CCNCc1cccc(NC(=O)C2CN(Cc3ccccc3)CCO2)c1.Cl.Cl. The molecule has 1 aliphatic rings. The van der Waals surface area contributed by atoms with Crippen molar-refractivity contribution in [1.82, 2.24) is 10.2 Å². The molecule has 2 aromatic rings. The minimum Gasteiger partial charge on any atom is -0.366 e. The fourth-order valence-electron chi connectivity index (χ4n) is 3.10. The molecule has 154 valence electrons. The Morgan fingerprint density at radius 3 is 2.61 bits per heavy atom. The van der Waals surface area contributed by atoms with Gasteiger partial charge in [-0.2, -0.15) is 0 Å². The van der Waals surface area contributed by atoms with Crippen LogP contribution < -0.4 is 10.6 Å². The molecule has 0 bridgehead atoms. The van der Waals surface area contributed by atoms with Crippen molar-refractivity contribution in [2.24, 2.45) is 0 Å². The van der Waals surface area contributed by atoms with Gasteiger partial charge in [-0.15, -0.1) is 24.8 Å². The lowest BCUT2D eigenvalue weighted by molar-refractivity contribution is -0.133. The van der Waals surface area contributed by atoms with Gasteiger partial charge in [0.1, 0.15) is 6.10 Å². The number of nitrogens with one attached hydrogen (secondary N) is 2. The van der Waals surface area contributed by atoms with E-state index in [1.54, 1.807) is 0 Å². The van der Waals surface area contributed by atoms with Crippen LogP contribution in [0.1, 0.15) is 18.1 Å². The highest BCUT2D eigenvalue weighted by molar-refractivity contribution is 5.94. The monoisotopic (exact) mass is 425 g/mol. The molecule has 1 atom stereocenters. The van der Waals surface area contributed by atoms with Gasteiger partial charge >= 0.3 is 0 Å². The van der Waals surface area contributed by atoms with Crippen molar-refractivity contribution in [3.63, 3.8) is 0 Å². The number of ether oxygens (including phenoxy) is 1. The number of carbonyl (C=O) groups excluding carboxylic acids is 1. The van der Waals surface area contributed by atoms with Crippen LogP contribution in [0, 0.1) is 0 Å². The van der Waals surface area contributed by atoms with Crippen LogP contribution in [0.5, 0.6) is 0 Å².